The zero-order chi connectivity index (χ0) is 14.1. The number of rotatable bonds is 0. The second kappa shape index (κ2) is 4.63. The SMILES string of the molecule is Nc1ccc(F)c(C#Cc2cnc3[nH]ncc3c2)c1F. The number of aromatic amines is 1. The summed E-state index contributed by atoms with van der Waals surface area (Å²) in [6.45, 7) is 0. The Hall–Kier alpha value is -2.94. The van der Waals surface area contributed by atoms with Gasteiger partial charge in [-0.1, -0.05) is 11.8 Å². The molecule has 0 unspecified atom stereocenters. The predicted molar refractivity (Wildman–Crippen MR) is 70.6 cm³/mol. The van der Waals surface area contributed by atoms with Crippen LogP contribution in [-0.2, 0) is 0 Å². The first-order valence-electron chi connectivity index (χ1n) is 5.70. The van der Waals surface area contributed by atoms with Crippen molar-refractivity contribution in [1.82, 2.24) is 15.2 Å². The molecule has 0 aliphatic heterocycles. The molecule has 0 aliphatic carbocycles. The maximum Gasteiger partial charge on any atom is 0.164 e. The first-order chi connectivity index (χ1) is 9.65. The number of aromatic nitrogens is 3. The van der Waals surface area contributed by atoms with Gasteiger partial charge in [-0.15, -0.1) is 0 Å². The molecule has 4 nitrogen and oxygen atoms in total. The molecule has 0 radical (unpaired) electrons. The molecule has 3 aromatic rings. The Morgan fingerprint density at radius 1 is 1.15 bits per heavy atom. The molecule has 0 aliphatic rings. The fourth-order valence-corrected chi connectivity index (χ4v) is 1.72. The number of nitrogens with one attached hydrogen (secondary N) is 1. The summed E-state index contributed by atoms with van der Waals surface area (Å²) in [5.74, 6) is 3.51. The lowest BCUT2D eigenvalue weighted by Gasteiger charge is -2.00. The van der Waals surface area contributed by atoms with Crippen LogP contribution in [0.2, 0.25) is 0 Å². The highest BCUT2D eigenvalue weighted by Crippen LogP contribution is 2.17. The Bertz CT molecular complexity index is 858. The van der Waals surface area contributed by atoms with Gasteiger partial charge >= 0.3 is 0 Å². The van der Waals surface area contributed by atoms with Gasteiger partial charge in [-0.3, -0.25) is 5.10 Å². The molecule has 0 spiro atoms. The predicted octanol–water partition coefficient (Wildman–Crippen LogP) is 2.22. The van der Waals surface area contributed by atoms with Gasteiger partial charge in [0.15, 0.2) is 11.5 Å². The third-order valence-corrected chi connectivity index (χ3v) is 2.74. The largest absolute Gasteiger partial charge is 0.396 e. The first-order valence-corrected chi connectivity index (χ1v) is 5.70. The first kappa shape index (κ1) is 12.1. The van der Waals surface area contributed by atoms with E-state index in [4.69, 9.17) is 5.73 Å². The van der Waals surface area contributed by atoms with Gasteiger partial charge in [0.05, 0.1) is 17.4 Å². The van der Waals surface area contributed by atoms with Crippen LogP contribution in [-0.4, -0.2) is 15.2 Å². The molecule has 20 heavy (non-hydrogen) atoms. The molecule has 6 heteroatoms. The van der Waals surface area contributed by atoms with Crippen molar-refractivity contribution >= 4 is 16.7 Å². The molecule has 0 amide bonds. The van der Waals surface area contributed by atoms with E-state index in [1.165, 1.54) is 6.20 Å². The highest BCUT2D eigenvalue weighted by atomic mass is 19.1. The molecule has 3 N–H and O–H groups in total. The van der Waals surface area contributed by atoms with E-state index in [-0.39, 0.29) is 11.3 Å². The van der Waals surface area contributed by atoms with Gasteiger partial charge in [-0.25, -0.2) is 13.8 Å². The highest BCUT2D eigenvalue weighted by molar-refractivity contribution is 5.75. The number of hydrogen-bond donors (Lipinski definition) is 2. The van der Waals surface area contributed by atoms with Gasteiger partial charge in [0.2, 0.25) is 0 Å². The summed E-state index contributed by atoms with van der Waals surface area (Å²) in [6.07, 6.45) is 3.09. The fourth-order valence-electron chi connectivity index (χ4n) is 1.72. The highest BCUT2D eigenvalue weighted by Gasteiger charge is 2.09. The Morgan fingerprint density at radius 3 is 2.85 bits per heavy atom. The Kier molecular flexibility index (Phi) is 2.80. The van der Waals surface area contributed by atoms with Crippen LogP contribution >= 0.6 is 0 Å². The summed E-state index contributed by atoms with van der Waals surface area (Å²) >= 11 is 0. The monoisotopic (exact) mass is 270 g/mol. The molecule has 1 aromatic carbocycles. The van der Waals surface area contributed by atoms with Crippen LogP contribution in [0, 0.1) is 23.5 Å². The van der Waals surface area contributed by atoms with Crippen molar-refractivity contribution in [2.75, 3.05) is 5.73 Å². The number of halogens is 2. The van der Waals surface area contributed by atoms with E-state index in [2.05, 4.69) is 27.0 Å². The van der Waals surface area contributed by atoms with E-state index >= 15 is 0 Å². The lowest BCUT2D eigenvalue weighted by atomic mass is 10.1. The Morgan fingerprint density at radius 2 is 2.00 bits per heavy atom. The van der Waals surface area contributed by atoms with Crippen molar-refractivity contribution in [1.29, 1.82) is 0 Å². The molecule has 3 rings (SSSR count). The minimum Gasteiger partial charge on any atom is -0.396 e. The van der Waals surface area contributed by atoms with Crippen LogP contribution < -0.4 is 5.73 Å². The number of hydrogen-bond acceptors (Lipinski definition) is 3. The lowest BCUT2D eigenvalue weighted by molar-refractivity contribution is 0.580. The second-order valence-electron chi connectivity index (χ2n) is 4.11. The number of nitrogens with zero attached hydrogens (tertiary/aromatic N) is 2. The van der Waals surface area contributed by atoms with E-state index in [9.17, 15) is 8.78 Å². The molecule has 98 valence electrons. The summed E-state index contributed by atoms with van der Waals surface area (Å²) in [7, 11) is 0. The van der Waals surface area contributed by atoms with E-state index in [0.717, 1.165) is 17.5 Å². The third kappa shape index (κ3) is 2.06. The lowest BCUT2D eigenvalue weighted by Crippen LogP contribution is -1.97. The average molecular weight is 270 g/mol. The maximum atomic E-state index is 13.7. The van der Waals surface area contributed by atoms with Crippen LogP contribution in [0.25, 0.3) is 11.0 Å². The van der Waals surface area contributed by atoms with Gasteiger partial charge in [0.25, 0.3) is 0 Å². The number of fused-ring (bicyclic) bond motifs is 1. The average Bonchev–Trinajstić information content (AvgIpc) is 2.90. The molecular formula is C14H8F2N4. The smallest absolute Gasteiger partial charge is 0.164 e. The van der Waals surface area contributed by atoms with Crippen LogP contribution in [0.15, 0.2) is 30.6 Å². The van der Waals surface area contributed by atoms with Crippen LogP contribution in [0.3, 0.4) is 0 Å². The minimum absolute atomic E-state index is 0.140. The van der Waals surface area contributed by atoms with Crippen molar-refractivity contribution in [2.24, 2.45) is 0 Å². The van der Waals surface area contributed by atoms with Crippen molar-refractivity contribution in [3.8, 4) is 11.8 Å². The molecule has 0 bridgehead atoms. The normalized spacial score (nSPS) is 10.3. The summed E-state index contributed by atoms with van der Waals surface area (Å²) in [6, 6.07) is 3.97. The molecule has 0 fully saturated rings. The van der Waals surface area contributed by atoms with Gasteiger partial charge in [0.1, 0.15) is 5.82 Å². The van der Waals surface area contributed by atoms with Gasteiger partial charge in [0, 0.05) is 17.1 Å². The molecular weight excluding hydrogens is 262 g/mol. The van der Waals surface area contributed by atoms with Gasteiger partial charge in [-0.2, -0.15) is 5.10 Å². The molecule has 0 atom stereocenters. The van der Waals surface area contributed by atoms with E-state index in [0.29, 0.717) is 11.2 Å². The van der Waals surface area contributed by atoms with E-state index in [1.807, 2.05) is 0 Å². The van der Waals surface area contributed by atoms with E-state index in [1.54, 1.807) is 12.3 Å². The molecule has 0 saturated carbocycles. The maximum absolute atomic E-state index is 13.7. The number of H-pyrrole nitrogens is 1. The van der Waals surface area contributed by atoms with E-state index < -0.39 is 11.6 Å². The summed E-state index contributed by atoms with van der Waals surface area (Å²) in [4.78, 5) is 4.08. The van der Waals surface area contributed by atoms with Crippen LogP contribution in [0.1, 0.15) is 11.1 Å². The summed E-state index contributed by atoms with van der Waals surface area (Å²) in [5.41, 5.74) is 6.05. The van der Waals surface area contributed by atoms with Gasteiger partial charge in [-0.05, 0) is 18.2 Å². The summed E-state index contributed by atoms with van der Waals surface area (Å²) < 4.78 is 27.2. The quantitative estimate of drug-likeness (QED) is 0.486. The molecule has 2 heterocycles. The van der Waals surface area contributed by atoms with Crippen molar-refractivity contribution in [3.05, 3.63) is 53.4 Å². The van der Waals surface area contributed by atoms with Crippen molar-refractivity contribution < 1.29 is 8.78 Å². The third-order valence-electron chi connectivity index (χ3n) is 2.74. The topological polar surface area (TPSA) is 67.6 Å². The Balaban J connectivity index is 2.05. The zero-order valence-electron chi connectivity index (χ0n) is 10.1. The number of nitrogens with two attached hydrogens (primary N) is 1. The number of pyridine rings is 1. The molecule has 0 saturated heterocycles. The standard InChI is InChI=1S/C14H8F2N4/c15-11-3-4-12(17)13(16)10(11)2-1-8-5-9-7-19-20-14(9)18-6-8/h3-7H,17H2,(H,18,19,20). The second-order valence-corrected chi connectivity index (χ2v) is 4.11. The van der Waals surface area contributed by atoms with Gasteiger partial charge < -0.3 is 5.73 Å². The molecule has 2 aromatic heterocycles. The van der Waals surface area contributed by atoms with Crippen molar-refractivity contribution in [2.45, 2.75) is 0 Å². The van der Waals surface area contributed by atoms with Crippen molar-refractivity contribution in [3.63, 3.8) is 0 Å². The Labute approximate surface area is 112 Å². The number of anilines is 1. The minimum atomic E-state index is -0.852. The number of benzene rings is 1. The fraction of sp³-hybridized carbons (Fsp3) is 0. The zero-order valence-corrected chi connectivity index (χ0v) is 10.1. The summed E-state index contributed by atoms with van der Waals surface area (Å²) in [5, 5.41) is 7.30. The van der Waals surface area contributed by atoms with Crippen LogP contribution in [0.4, 0.5) is 14.5 Å². The van der Waals surface area contributed by atoms with Crippen LogP contribution in [0.5, 0.6) is 0 Å². The number of nitrogen functional groups attached to an aromatic ring is 1.